The zero-order chi connectivity index (χ0) is 21.5. The van der Waals surface area contributed by atoms with Crippen molar-refractivity contribution in [1.82, 2.24) is 0 Å². The normalized spacial score (nSPS) is 54.5. The number of aliphatic hydroxyl groups excluding tert-OH is 1. The Balaban J connectivity index is 1.58. The summed E-state index contributed by atoms with van der Waals surface area (Å²) in [6.07, 6.45) is 11.3. The molecule has 0 aromatic heterocycles. The Bertz CT molecular complexity index is 869. The summed E-state index contributed by atoms with van der Waals surface area (Å²) in [5, 5.41) is 11.4. The number of ketones is 1. The number of carbonyl (C=O) groups excluding carboxylic acids is 1. The summed E-state index contributed by atoms with van der Waals surface area (Å²) in [5.74, 6) is -0.360. The Morgan fingerprint density at radius 1 is 1.33 bits per heavy atom. The van der Waals surface area contributed by atoms with Crippen LogP contribution < -0.4 is 0 Å². The number of rotatable bonds is 2. The summed E-state index contributed by atoms with van der Waals surface area (Å²) < 4.78 is 29.9. The molecule has 3 saturated carbocycles. The maximum Gasteiger partial charge on any atom is 0.179 e. The Morgan fingerprint density at radius 2 is 2.10 bits per heavy atom. The number of fused-ring (bicyclic) bond motifs is 7. The van der Waals surface area contributed by atoms with Crippen LogP contribution in [0.5, 0.6) is 0 Å². The Hall–Kier alpha value is -0.950. The van der Waals surface area contributed by atoms with Crippen LogP contribution >= 0.6 is 11.8 Å². The van der Waals surface area contributed by atoms with Gasteiger partial charge in [-0.1, -0.05) is 24.6 Å². The highest BCUT2D eigenvalue weighted by Gasteiger charge is 2.77. The van der Waals surface area contributed by atoms with Crippen molar-refractivity contribution in [2.75, 3.05) is 6.26 Å². The number of hydrogen-bond donors (Lipinski definition) is 1. The molecule has 4 nitrogen and oxygen atoms in total. The van der Waals surface area contributed by atoms with E-state index in [4.69, 9.17) is 9.47 Å². The van der Waals surface area contributed by atoms with Gasteiger partial charge in [-0.2, -0.15) is 0 Å². The monoisotopic (exact) mass is 434 g/mol. The van der Waals surface area contributed by atoms with Crippen molar-refractivity contribution in [3.8, 4) is 0 Å². The van der Waals surface area contributed by atoms with Gasteiger partial charge in [0.1, 0.15) is 11.0 Å². The van der Waals surface area contributed by atoms with E-state index in [-0.39, 0.29) is 23.7 Å². The van der Waals surface area contributed by atoms with Gasteiger partial charge in [0.2, 0.25) is 0 Å². The van der Waals surface area contributed by atoms with Crippen molar-refractivity contribution in [1.29, 1.82) is 0 Å². The Labute approximate surface area is 182 Å². The van der Waals surface area contributed by atoms with Crippen molar-refractivity contribution < 1.29 is 23.8 Å². The fourth-order valence-corrected chi connectivity index (χ4v) is 8.83. The molecule has 0 radical (unpaired) electrons. The molecule has 0 aromatic carbocycles. The number of thioether (sulfide) groups is 1. The SMILES string of the molecule is C/C=C/C1O[C@@H]2C[C@H]3[C@@H]4CCC5=CC(=O)C=C[C@]5(C)[C@@]4(F)[C@@H](O)C[C@]3(C)[C@@]2(SC)O1. The number of ether oxygens (including phenoxy) is 2. The number of halogens is 1. The molecule has 1 N–H and O–H groups in total. The molecule has 5 rings (SSSR count). The molecule has 4 fully saturated rings. The highest BCUT2D eigenvalue weighted by molar-refractivity contribution is 7.99. The van der Waals surface area contributed by atoms with Crippen LogP contribution in [0.25, 0.3) is 0 Å². The second kappa shape index (κ2) is 6.53. The molecular formula is C24H31FO4S. The molecule has 9 atom stereocenters. The molecule has 164 valence electrons. The molecule has 0 aromatic rings. The van der Waals surface area contributed by atoms with E-state index in [9.17, 15) is 9.90 Å². The van der Waals surface area contributed by atoms with Crippen LogP contribution in [-0.2, 0) is 14.3 Å². The third kappa shape index (κ3) is 2.26. The average molecular weight is 435 g/mol. The zero-order valence-corrected chi connectivity index (χ0v) is 18.9. The van der Waals surface area contributed by atoms with Crippen molar-refractivity contribution in [2.45, 2.75) is 75.6 Å². The predicted molar refractivity (Wildman–Crippen MR) is 115 cm³/mol. The topological polar surface area (TPSA) is 55.8 Å². The van der Waals surface area contributed by atoms with Gasteiger partial charge in [0.25, 0.3) is 0 Å². The first-order chi connectivity index (χ1) is 14.2. The summed E-state index contributed by atoms with van der Waals surface area (Å²) in [6.45, 7) is 5.95. The molecule has 1 heterocycles. The summed E-state index contributed by atoms with van der Waals surface area (Å²) in [5.41, 5.74) is -2.35. The summed E-state index contributed by atoms with van der Waals surface area (Å²) in [7, 11) is 0. The van der Waals surface area contributed by atoms with Gasteiger partial charge in [0, 0.05) is 16.7 Å². The van der Waals surface area contributed by atoms with Crippen LogP contribution in [0.4, 0.5) is 4.39 Å². The molecule has 0 bridgehead atoms. The second-order valence-corrected chi connectivity index (χ2v) is 11.0. The van der Waals surface area contributed by atoms with Crippen LogP contribution in [0.15, 0.2) is 36.0 Å². The second-order valence-electron chi connectivity index (χ2n) is 10.0. The molecule has 1 unspecified atom stereocenters. The lowest BCUT2D eigenvalue weighted by Gasteiger charge is -2.62. The van der Waals surface area contributed by atoms with E-state index in [0.717, 1.165) is 12.0 Å². The van der Waals surface area contributed by atoms with Crippen molar-refractivity contribution in [2.24, 2.45) is 22.7 Å². The van der Waals surface area contributed by atoms with E-state index < -0.39 is 33.8 Å². The minimum Gasteiger partial charge on any atom is -0.390 e. The molecule has 1 saturated heterocycles. The van der Waals surface area contributed by atoms with Gasteiger partial charge < -0.3 is 14.6 Å². The predicted octanol–water partition coefficient (Wildman–Crippen LogP) is 4.34. The van der Waals surface area contributed by atoms with E-state index in [1.165, 1.54) is 6.08 Å². The minimum atomic E-state index is -1.81. The van der Waals surface area contributed by atoms with E-state index in [0.29, 0.717) is 19.3 Å². The lowest BCUT2D eigenvalue weighted by Crippen LogP contribution is -2.68. The standard InChI is InChI=1S/C24H31FO4S/c1-5-6-20-28-19-12-17-16-8-7-14-11-15(26)9-10-21(14,2)23(16,25)18(27)13-22(17,3)24(19,29-20)30-4/h5-6,9-11,16-20,27H,7-8,12-13H2,1-4H3/b6-5+/t16-,17-,18-,19+,20?,21-,22-,23-,24+/m0/s1. The van der Waals surface area contributed by atoms with Crippen LogP contribution in [0.1, 0.15) is 46.5 Å². The lowest BCUT2D eigenvalue weighted by atomic mass is 9.45. The van der Waals surface area contributed by atoms with Gasteiger partial charge in [-0.3, -0.25) is 4.79 Å². The number of carbonyl (C=O) groups is 1. The largest absolute Gasteiger partial charge is 0.390 e. The van der Waals surface area contributed by atoms with Crippen LogP contribution in [0.3, 0.4) is 0 Å². The van der Waals surface area contributed by atoms with Crippen LogP contribution in [-0.4, -0.2) is 46.2 Å². The summed E-state index contributed by atoms with van der Waals surface area (Å²) >= 11 is 1.64. The third-order valence-electron chi connectivity index (χ3n) is 8.96. The average Bonchev–Trinajstić information content (AvgIpc) is 3.16. The molecule has 0 spiro atoms. The molecule has 4 aliphatic carbocycles. The van der Waals surface area contributed by atoms with E-state index >= 15 is 4.39 Å². The molecular weight excluding hydrogens is 403 g/mol. The van der Waals surface area contributed by atoms with Crippen molar-refractivity contribution >= 4 is 17.5 Å². The first-order valence-corrected chi connectivity index (χ1v) is 12.2. The minimum absolute atomic E-state index is 0.0410. The molecule has 6 heteroatoms. The fraction of sp³-hybridized carbons (Fsp3) is 0.708. The maximum atomic E-state index is 17.1. The Kier molecular flexibility index (Phi) is 4.56. The summed E-state index contributed by atoms with van der Waals surface area (Å²) in [6, 6.07) is 0. The van der Waals surface area contributed by atoms with Crippen LogP contribution in [0.2, 0.25) is 0 Å². The molecule has 30 heavy (non-hydrogen) atoms. The smallest absolute Gasteiger partial charge is 0.179 e. The van der Waals surface area contributed by atoms with Gasteiger partial charge >= 0.3 is 0 Å². The lowest BCUT2D eigenvalue weighted by molar-refractivity contribution is -0.213. The maximum absolute atomic E-state index is 17.1. The fourth-order valence-electron chi connectivity index (χ4n) is 7.52. The van der Waals surface area contributed by atoms with Crippen molar-refractivity contribution in [3.05, 3.63) is 36.0 Å². The number of hydrogen-bond acceptors (Lipinski definition) is 5. The highest BCUT2D eigenvalue weighted by Crippen LogP contribution is 2.73. The van der Waals surface area contributed by atoms with Gasteiger partial charge in [0.05, 0.1) is 6.10 Å². The first kappa shape index (κ1) is 20.9. The quantitative estimate of drug-likeness (QED) is 0.655. The molecule has 5 aliphatic rings. The Morgan fingerprint density at radius 3 is 2.80 bits per heavy atom. The van der Waals surface area contributed by atoms with Gasteiger partial charge in [-0.05, 0) is 69.9 Å². The first-order valence-electron chi connectivity index (χ1n) is 11.0. The van der Waals surface area contributed by atoms with E-state index in [1.54, 1.807) is 23.9 Å². The molecule has 1 aliphatic heterocycles. The van der Waals surface area contributed by atoms with E-state index in [1.807, 2.05) is 32.3 Å². The highest BCUT2D eigenvalue weighted by atomic mass is 32.2. The number of allylic oxidation sites excluding steroid dienone is 5. The third-order valence-corrected chi connectivity index (χ3v) is 10.4. The molecule has 0 amide bonds. The summed E-state index contributed by atoms with van der Waals surface area (Å²) in [4.78, 5) is 11.3. The van der Waals surface area contributed by atoms with Crippen LogP contribution in [0, 0.1) is 22.7 Å². The van der Waals surface area contributed by atoms with Gasteiger partial charge in [-0.25, -0.2) is 4.39 Å². The van der Waals surface area contributed by atoms with E-state index in [2.05, 4.69) is 6.92 Å². The number of aliphatic hydroxyl groups is 1. The zero-order valence-electron chi connectivity index (χ0n) is 18.1. The number of alkyl halides is 1. The van der Waals surface area contributed by atoms with Gasteiger partial charge in [-0.15, -0.1) is 11.8 Å². The van der Waals surface area contributed by atoms with Gasteiger partial charge in [0.15, 0.2) is 17.7 Å². The van der Waals surface area contributed by atoms with Crippen molar-refractivity contribution in [3.63, 3.8) is 0 Å².